The van der Waals surface area contributed by atoms with E-state index in [2.05, 4.69) is 17.9 Å². The number of nitriles is 1. The van der Waals surface area contributed by atoms with E-state index in [0.29, 0.717) is 6.42 Å². The Morgan fingerprint density at radius 1 is 1.00 bits per heavy atom. The lowest BCUT2D eigenvalue weighted by atomic mass is 10.1. The summed E-state index contributed by atoms with van der Waals surface area (Å²) < 4.78 is 5.10. The molecule has 2 aromatic rings. The fourth-order valence-corrected chi connectivity index (χ4v) is 1.70. The molecule has 2 nitrogen and oxygen atoms in total. The zero-order chi connectivity index (χ0) is 13.5. The highest BCUT2D eigenvalue weighted by molar-refractivity contribution is 5.47. The topological polar surface area (TPSA) is 33.0 Å². The number of hydrogen-bond donors (Lipinski definition) is 0. The molecule has 0 radical (unpaired) electrons. The van der Waals surface area contributed by atoms with Gasteiger partial charge in [0, 0.05) is 11.1 Å². The largest absolute Gasteiger partial charge is 0.497 e. The molecule has 0 aliphatic rings. The Hall–Kier alpha value is -2.71. The van der Waals surface area contributed by atoms with Crippen molar-refractivity contribution in [3.8, 4) is 23.7 Å². The van der Waals surface area contributed by atoms with Gasteiger partial charge in [0.1, 0.15) is 5.75 Å². The van der Waals surface area contributed by atoms with Crippen LogP contribution in [-0.4, -0.2) is 7.11 Å². The van der Waals surface area contributed by atoms with Crippen LogP contribution in [0.5, 0.6) is 5.75 Å². The molecule has 0 atom stereocenters. The van der Waals surface area contributed by atoms with Gasteiger partial charge in [-0.05, 0) is 35.9 Å². The van der Waals surface area contributed by atoms with Gasteiger partial charge in [-0.2, -0.15) is 5.26 Å². The molecular formula is C17H13NO. The van der Waals surface area contributed by atoms with Crippen molar-refractivity contribution >= 4 is 0 Å². The third-order valence-electron chi connectivity index (χ3n) is 2.72. The smallest absolute Gasteiger partial charge is 0.118 e. The second-order valence-electron chi connectivity index (χ2n) is 3.97. The molecule has 0 heterocycles. The molecule has 0 saturated carbocycles. The molecular weight excluding hydrogens is 234 g/mol. The number of benzene rings is 2. The quantitative estimate of drug-likeness (QED) is 0.764. The Labute approximate surface area is 113 Å². The van der Waals surface area contributed by atoms with E-state index in [1.165, 1.54) is 0 Å². The van der Waals surface area contributed by atoms with E-state index in [-0.39, 0.29) is 0 Å². The lowest BCUT2D eigenvalue weighted by Crippen LogP contribution is -1.87. The van der Waals surface area contributed by atoms with Crippen LogP contribution in [0.15, 0.2) is 48.5 Å². The lowest BCUT2D eigenvalue weighted by molar-refractivity contribution is 0.415. The van der Waals surface area contributed by atoms with Gasteiger partial charge in [-0.3, -0.25) is 0 Å². The Bertz CT molecular complexity index is 654. The van der Waals surface area contributed by atoms with Gasteiger partial charge in [-0.25, -0.2) is 0 Å². The third kappa shape index (κ3) is 3.37. The van der Waals surface area contributed by atoms with E-state index >= 15 is 0 Å². The summed E-state index contributed by atoms with van der Waals surface area (Å²) in [4.78, 5) is 0. The summed E-state index contributed by atoms with van der Waals surface area (Å²) in [6.07, 6.45) is 0.382. The van der Waals surface area contributed by atoms with Crippen molar-refractivity contribution in [3.05, 3.63) is 65.2 Å². The molecule has 0 aliphatic carbocycles. The maximum absolute atomic E-state index is 8.77. The molecule has 0 amide bonds. The predicted octanol–water partition coefficient (Wildman–Crippen LogP) is 3.16. The minimum atomic E-state index is 0.382. The van der Waals surface area contributed by atoms with Gasteiger partial charge in [-0.15, -0.1) is 0 Å². The highest BCUT2D eigenvalue weighted by Gasteiger charge is 1.97. The van der Waals surface area contributed by atoms with E-state index in [9.17, 15) is 0 Å². The van der Waals surface area contributed by atoms with Crippen LogP contribution in [-0.2, 0) is 6.42 Å². The summed E-state index contributed by atoms with van der Waals surface area (Å²) in [5.74, 6) is 7.02. The second kappa shape index (κ2) is 6.28. The second-order valence-corrected chi connectivity index (χ2v) is 3.97. The van der Waals surface area contributed by atoms with Crippen LogP contribution in [0.2, 0.25) is 0 Å². The molecule has 0 aromatic heterocycles. The van der Waals surface area contributed by atoms with Crippen molar-refractivity contribution in [2.24, 2.45) is 0 Å². The Balaban J connectivity index is 2.26. The lowest BCUT2D eigenvalue weighted by Gasteiger charge is -1.99. The van der Waals surface area contributed by atoms with Gasteiger partial charge >= 0.3 is 0 Å². The van der Waals surface area contributed by atoms with Crippen molar-refractivity contribution in [1.82, 2.24) is 0 Å². The van der Waals surface area contributed by atoms with Crippen molar-refractivity contribution in [3.63, 3.8) is 0 Å². The first kappa shape index (κ1) is 12.7. The number of hydrogen-bond acceptors (Lipinski definition) is 2. The normalized spacial score (nSPS) is 9.05. The SMILES string of the molecule is COc1ccc(C#Cc2ccccc2CC#N)cc1. The van der Waals surface area contributed by atoms with E-state index in [0.717, 1.165) is 22.4 Å². The maximum atomic E-state index is 8.77. The van der Waals surface area contributed by atoms with Crippen LogP contribution in [0.3, 0.4) is 0 Å². The van der Waals surface area contributed by atoms with Crippen molar-refractivity contribution < 1.29 is 4.74 Å². The summed E-state index contributed by atoms with van der Waals surface area (Å²) in [7, 11) is 1.64. The first-order chi connectivity index (χ1) is 9.33. The molecule has 92 valence electrons. The maximum Gasteiger partial charge on any atom is 0.118 e. The summed E-state index contributed by atoms with van der Waals surface area (Å²) in [5.41, 5.74) is 2.79. The number of ether oxygens (including phenoxy) is 1. The van der Waals surface area contributed by atoms with E-state index in [1.807, 2.05) is 48.5 Å². The van der Waals surface area contributed by atoms with Crippen LogP contribution in [0.1, 0.15) is 16.7 Å². The van der Waals surface area contributed by atoms with Crippen molar-refractivity contribution in [2.75, 3.05) is 7.11 Å². The van der Waals surface area contributed by atoms with Crippen molar-refractivity contribution in [1.29, 1.82) is 5.26 Å². The summed E-state index contributed by atoms with van der Waals surface area (Å²) >= 11 is 0. The molecule has 2 aromatic carbocycles. The first-order valence-corrected chi connectivity index (χ1v) is 5.94. The zero-order valence-corrected chi connectivity index (χ0v) is 10.7. The predicted molar refractivity (Wildman–Crippen MR) is 74.7 cm³/mol. The molecule has 0 fully saturated rings. The van der Waals surface area contributed by atoms with Gasteiger partial charge in [0.15, 0.2) is 0 Å². The van der Waals surface area contributed by atoms with Crippen LogP contribution in [0.4, 0.5) is 0 Å². The molecule has 19 heavy (non-hydrogen) atoms. The van der Waals surface area contributed by atoms with Gasteiger partial charge in [-0.1, -0.05) is 30.0 Å². The van der Waals surface area contributed by atoms with Gasteiger partial charge in [0.25, 0.3) is 0 Å². The van der Waals surface area contributed by atoms with Crippen molar-refractivity contribution in [2.45, 2.75) is 6.42 Å². The standard InChI is InChI=1S/C17H13NO/c1-19-17-10-7-14(8-11-17)6-9-15-4-2-3-5-16(15)12-13-18/h2-5,7-8,10-11H,12H2,1H3. The zero-order valence-electron chi connectivity index (χ0n) is 10.7. The van der Waals surface area contributed by atoms with Gasteiger partial charge < -0.3 is 4.74 Å². The highest BCUT2D eigenvalue weighted by Crippen LogP contribution is 2.11. The fraction of sp³-hybridized carbons (Fsp3) is 0.118. The summed E-state index contributed by atoms with van der Waals surface area (Å²) in [5, 5.41) is 8.77. The average Bonchev–Trinajstić information content (AvgIpc) is 2.47. The van der Waals surface area contributed by atoms with Crippen LogP contribution < -0.4 is 4.74 Å². The summed E-state index contributed by atoms with van der Waals surface area (Å²) in [6, 6.07) is 17.5. The molecule has 0 unspecified atom stereocenters. The minimum Gasteiger partial charge on any atom is -0.497 e. The molecule has 0 bridgehead atoms. The number of rotatable bonds is 2. The molecule has 0 N–H and O–H groups in total. The minimum absolute atomic E-state index is 0.382. The van der Waals surface area contributed by atoms with E-state index < -0.39 is 0 Å². The highest BCUT2D eigenvalue weighted by atomic mass is 16.5. The molecule has 0 saturated heterocycles. The Morgan fingerprint density at radius 2 is 1.74 bits per heavy atom. The first-order valence-electron chi connectivity index (χ1n) is 5.94. The molecule has 2 rings (SSSR count). The molecule has 0 aliphatic heterocycles. The number of nitrogens with zero attached hydrogens (tertiary/aromatic N) is 1. The van der Waals surface area contributed by atoms with Crippen LogP contribution >= 0.6 is 0 Å². The fourth-order valence-electron chi connectivity index (χ4n) is 1.70. The van der Waals surface area contributed by atoms with Gasteiger partial charge in [0.2, 0.25) is 0 Å². The molecule has 2 heteroatoms. The average molecular weight is 247 g/mol. The Morgan fingerprint density at radius 3 is 2.42 bits per heavy atom. The monoisotopic (exact) mass is 247 g/mol. The van der Waals surface area contributed by atoms with Crippen LogP contribution in [0, 0.1) is 23.2 Å². The Kier molecular flexibility index (Phi) is 4.21. The van der Waals surface area contributed by atoms with Gasteiger partial charge in [0.05, 0.1) is 19.6 Å². The number of methoxy groups -OCH3 is 1. The third-order valence-corrected chi connectivity index (χ3v) is 2.72. The van der Waals surface area contributed by atoms with Crippen LogP contribution in [0.25, 0.3) is 0 Å². The van der Waals surface area contributed by atoms with E-state index in [4.69, 9.17) is 10.00 Å². The van der Waals surface area contributed by atoms with E-state index in [1.54, 1.807) is 7.11 Å². The molecule has 0 spiro atoms. The summed E-state index contributed by atoms with van der Waals surface area (Å²) in [6.45, 7) is 0.